The molecule has 1 amide bonds. The van der Waals surface area contributed by atoms with Crippen LogP contribution in [0.2, 0.25) is 0 Å². The highest BCUT2D eigenvalue weighted by molar-refractivity contribution is 5.78. The molecule has 2 N–H and O–H groups in total. The number of imidazole rings is 1. The molecule has 29 heavy (non-hydrogen) atoms. The van der Waals surface area contributed by atoms with Gasteiger partial charge in [0.15, 0.2) is 0 Å². The van der Waals surface area contributed by atoms with Crippen molar-refractivity contribution in [1.82, 2.24) is 25.1 Å². The molecule has 0 saturated carbocycles. The summed E-state index contributed by atoms with van der Waals surface area (Å²) in [5, 5.41) is 6.66. The SMILES string of the molecule is Cn1ccnc1C1CNCCN1CC(=O)NCC1(c2ccccc2)CCOCC1. The summed E-state index contributed by atoms with van der Waals surface area (Å²) >= 11 is 0. The minimum absolute atomic E-state index is 0.0439. The highest BCUT2D eigenvalue weighted by Gasteiger charge is 2.35. The highest BCUT2D eigenvalue weighted by Crippen LogP contribution is 2.34. The standard InChI is InChI=1S/C22H31N5O2/c1-26-11-10-24-21(26)19-15-23-9-12-27(19)16-20(28)25-17-22(7-13-29-14-8-22)18-5-3-2-4-6-18/h2-6,10-11,19,23H,7-9,12-17H2,1H3,(H,25,28). The topological polar surface area (TPSA) is 71.4 Å². The first kappa shape index (κ1) is 20.1. The van der Waals surface area contributed by atoms with Crippen LogP contribution in [0.3, 0.4) is 0 Å². The summed E-state index contributed by atoms with van der Waals surface area (Å²) in [5.41, 5.74) is 1.24. The Hall–Kier alpha value is -2.22. The van der Waals surface area contributed by atoms with Crippen molar-refractivity contribution in [2.75, 3.05) is 45.9 Å². The number of hydrogen-bond acceptors (Lipinski definition) is 5. The van der Waals surface area contributed by atoms with E-state index in [0.717, 1.165) is 51.5 Å². The Bertz CT molecular complexity index is 801. The smallest absolute Gasteiger partial charge is 0.234 e. The lowest BCUT2D eigenvalue weighted by atomic mass is 9.74. The molecule has 156 valence electrons. The van der Waals surface area contributed by atoms with Gasteiger partial charge in [0.25, 0.3) is 0 Å². The van der Waals surface area contributed by atoms with Crippen LogP contribution in [0.1, 0.15) is 30.3 Å². The number of hydrogen-bond donors (Lipinski definition) is 2. The molecule has 1 aromatic heterocycles. The van der Waals surface area contributed by atoms with Gasteiger partial charge in [-0.3, -0.25) is 9.69 Å². The van der Waals surface area contributed by atoms with Crippen molar-refractivity contribution in [2.45, 2.75) is 24.3 Å². The number of aryl methyl sites for hydroxylation is 1. The van der Waals surface area contributed by atoms with Crippen LogP contribution in [-0.4, -0.2) is 66.3 Å². The maximum absolute atomic E-state index is 12.9. The fourth-order valence-corrected chi connectivity index (χ4v) is 4.52. The number of nitrogens with zero attached hydrogens (tertiary/aromatic N) is 3. The van der Waals surface area contributed by atoms with Crippen molar-refractivity contribution in [3.8, 4) is 0 Å². The number of rotatable bonds is 6. The van der Waals surface area contributed by atoms with Crippen LogP contribution in [0.15, 0.2) is 42.7 Å². The Kier molecular flexibility index (Phi) is 6.28. The minimum atomic E-state index is -0.0439. The van der Waals surface area contributed by atoms with Crippen molar-refractivity contribution >= 4 is 5.91 Å². The molecule has 4 rings (SSSR count). The van der Waals surface area contributed by atoms with Crippen molar-refractivity contribution in [2.24, 2.45) is 7.05 Å². The van der Waals surface area contributed by atoms with E-state index in [1.165, 1.54) is 5.56 Å². The summed E-state index contributed by atoms with van der Waals surface area (Å²) in [6.07, 6.45) is 5.63. The van der Waals surface area contributed by atoms with Crippen LogP contribution in [0.25, 0.3) is 0 Å². The molecule has 2 aliphatic rings. The van der Waals surface area contributed by atoms with Gasteiger partial charge in [-0.05, 0) is 18.4 Å². The monoisotopic (exact) mass is 397 g/mol. The van der Waals surface area contributed by atoms with Crippen molar-refractivity contribution in [1.29, 1.82) is 0 Å². The van der Waals surface area contributed by atoms with Crippen LogP contribution in [-0.2, 0) is 22.0 Å². The molecule has 1 aromatic carbocycles. The molecule has 0 spiro atoms. The molecule has 0 radical (unpaired) electrons. The fraction of sp³-hybridized carbons (Fsp3) is 0.545. The summed E-state index contributed by atoms with van der Waals surface area (Å²) in [6, 6.07) is 10.6. The van der Waals surface area contributed by atoms with Crippen molar-refractivity contribution in [3.05, 3.63) is 54.1 Å². The van der Waals surface area contributed by atoms with Gasteiger partial charge in [0.1, 0.15) is 5.82 Å². The van der Waals surface area contributed by atoms with Crippen LogP contribution in [0.5, 0.6) is 0 Å². The molecule has 2 saturated heterocycles. The van der Waals surface area contributed by atoms with E-state index < -0.39 is 0 Å². The van der Waals surface area contributed by atoms with E-state index in [2.05, 4.69) is 44.8 Å². The van der Waals surface area contributed by atoms with E-state index in [1.807, 2.05) is 30.1 Å². The molecule has 3 heterocycles. The number of amides is 1. The Morgan fingerprint density at radius 1 is 1.31 bits per heavy atom. The van der Waals surface area contributed by atoms with E-state index in [4.69, 9.17) is 4.74 Å². The first-order valence-corrected chi connectivity index (χ1v) is 10.5. The third kappa shape index (κ3) is 4.52. The zero-order valence-electron chi connectivity index (χ0n) is 17.1. The van der Waals surface area contributed by atoms with Crippen LogP contribution in [0, 0.1) is 0 Å². The van der Waals surface area contributed by atoms with Crippen molar-refractivity contribution < 1.29 is 9.53 Å². The molecule has 2 aliphatic heterocycles. The summed E-state index contributed by atoms with van der Waals surface area (Å²) < 4.78 is 7.64. The molecule has 2 aromatic rings. The van der Waals surface area contributed by atoms with Crippen LogP contribution in [0.4, 0.5) is 0 Å². The molecule has 2 fully saturated rings. The summed E-state index contributed by atoms with van der Waals surface area (Å²) in [7, 11) is 2.00. The number of ether oxygens (including phenoxy) is 1. The lowest BCUT2D eigenvalue weighted by Crippen LogP contribution is -2.52. The van der Waals surface area contributed by atoms with Crippen molar-refractivity contribution in [3.63, 3.8) is 0 Å². The quantitative estimate of drug-likeness (QED) is 0.767. The second-order valence-corrected chi connectivity index (χ2v) is 8.12. The molecular formula is C22H31N5O2. The zero-order valence-corrected chi connectivity index (χ0v) is 17.1. The second-order valence-electron chi connectivity index (χ2n) is 8.12. The number of carbonyl (C=O) groups is 1. The average molecular weight is 398 g/mol. The van der Waals surface area contributed by atoms with Gasteiger partial charge in [-0.15, -0.1) is 0 Å². The maximum atomic E-state index is 12.9. The first-order chi connectivity index (χ1) is 14.2. The van der Waals surface area contributed by atoms with E-state index in [9.17, 15) is 4.79 Å². The normalized spacial score (nSPS) is 22.3. The third-order valence-corrected chi connectivity index (χ3v) is 6.32. The largest absolute Gasteiger partial charge is 0.381 e. The first-order valence-electron chi connectivity index (χ1n) is 10.5. The second kappa shape index (κ2) is 9.07. The predicted octanol–water partition coefficient (Wildman–Crippen LogP) is 1.23. The molecule has 7 heteroatoms. The van der Waals surface area contributed by atoms with E-state index in [1.54, 1.807) is 0 Å². The molecule has 7 nitrogen and oxygen atoms in total. The van der Waals surface area contributed by atoms with Gasteiger partial charge in [-0.2, -0.15) is 0 Å². The summed E-state index contributed by atoms with van der Waals surface area (Å²) in [5.74, 6) is 1.07. The average Bonchev–Trinajstić information content (AvgIpc) is 3.20. The number of carbonyl (C=O) groups excluding carboxylic acids is 1. The highest BCUT2D eigenvalue weighted by atomic mass is 16.5. The zero-order chi connectivity index (χ0) is 20.1. The molecule has 0 aliphatic carbocycles. The predicted molar refractivity (Wildman–Crippen MR) is 112 cm³/mol. The minimum Gasteiger partial charge on any atom is -0.381 e. The third-order valence-electron chi connectivity index (χ3n) is 6.32. The maximum Gasteiger partial charge on any atom is 0.234 e. The fourth-order valence-electron chi connectivity index (χ4n) is 4.52. The van der Waals surface area contributed by atoms with Gasteiger partial charge in [0, 0.05) is 64.2 Å². The Morgan fingerprint density at radius 3 is 2.83 bits per heavy atom. The molecule has 1 unspecified atom stereocenters. The van der Waals surface area contributed by atoms with Gasteiger partial charge < -0.3 is 19.9 Å². The van der Waals surface area contributed by atoms with Gasteiger partial charge in [0.2, 0.25) is 5.91 Å². The molecule has 0 bridgehead atoms. The van der Waals surface area contributed by atoms with E-state index in [0.29, 0.717) is 13.1 Å². The van der Waals surface area contributed by atoms with E-state index in [-0.39, 0.29) is 17.4 Å². The number of aromatic nitrogens is 2. The number of benzene rings is 1. The summed E-state index contributed by atoms with van der Waals surface area (Å²) in [6.45, 7) is 5.05. The lowest BCUT2D eigenvalue weighted by Gasteiger charge is -2.39. The Labute approximate surface area is 172 Å². The van der Waals surface area contributed by atoms with Crippen LogP contribution >= 0.6 is 0 Å². The van der Waals surface area contributed by atoms with Gasteiger partial charge in [-0.1, -0.05) is 30.3 Å². The number of piperazine rings is 1. The van der Waals surface area contributed by atoms with Gasteiger partial charge in [-0.25, -0.2) is 4.98 Å². The number of nitrogens with one attached hydrogen (secondary N) is 2. The Balaban J connectivity index is 1.41. The van der Waals surface area contributed by atoms with Gasteiger partial charge in [0.05, 0.1) is 12.6 Å². The lowest BCUT2D eigenvalue weighted by molar-refractivity contribution is -0.123. The van der Waals surface area contributed by atoms with Crippen LogP contribution < -0.4 is 10.6 Å². The summed E-state index contributed by atoms with van der Waals surface area (Å²) in [4.78, 5) is 19.6. The molecular weight excluding hydrogens is 366 g/mol. The van der Waals surface area contributed by atoms with Gasteiger partial charge >= 0.3 is 0 Å². The van der Waals surface area contributed by atoms with E-state index >= 15 is 0 Å². The molecule has 1 atom stereocenters. The Morgan fingerprint density at radius 2 is 2.10 bits per heavy atom.